The van der Waals surface area contributed by atoms with Crippen LogP contribution in [0.15, 0.2) is 41.3 Å². The number of rotatable bonds is 4. The predicted molar refractivity (Wildman–Crippen MR) is 107 cm³/mol. The summed E-state index contributed by atoms with van der Waals surface area (Å²) in [4.78, 5) is 11.7. The number of carbonyl (C=O) groups is 1. The number of aromatic hydroxyl groups is 1. The number of phenols is 1. The number of para-hydroxylation sites is 1. The van der Waals surface area contributed by atoms with Crippen LogP contribution in [0.2, 0.25) is 10.0 Å². The molecule has 0 unspecified atom stereocenters. The van der Waals surface area contributed by atoms with E-state index in [9.17, 15) is 18.3 Å². The van der Waals surface area contributed by atoms with Gasteiger partial charge in [-0.2, -0.15) is 0 Å². The summed E-state index contributed by atoms with van der Waals surface area (Å²) in [6.45, 7) is 4.94. The van der Waals surface area contributed by atoms with Crippen molar-refractivity contribution in [2.45, 2.75) is 31.2 Å². The zero-order valence-corrected chi connectivity index (χ0v) is 17.1. The van der Waals surface area contributed by atoms with Crippen LogP contribution >= 0.6 is 23.2 Å². The summed E-state index contributed by atoms with van der Waals surface area (Å²) in [5.74, 6) is -0.673. The number of halogens is 2. The lowest BCUT2D eigenvalue weighted by molar-refractivity contribution is 0.262. The van der Waals surface area contributed by atoms with E-state index in [0.717, 1.165) is 0 Å². The fourth-order valence-electron chi connectivity index (χ4n) is 2.20. The zero-order chi connectivity index (χ0) is 20.4. The zero-order valence-electron chi connectivity index (χ0n) is 14.8. The van der Waals surface area contributed by atoms with Gasteiger partial charge in [0.25, 0.3) is 0 Å². The van der Waals surface area contributed by atoms with E-state index >= 15 is 0 Å². The Hall–Kier alpha value is -2.00. The molecule has 10 heteroatoms. The number of amides is 2. The van der Waals surface area contributed by atoms with Crippen molar-refractivity contribution in [1.29, 1.82) is 0 Å². The van der Waals surface area contributed by atoms with E-state index in [1.165, 1.54) is 12.1 Å². The van der Waals surface area contributed by atoms with Crippen LogP contribution in [-0.4, -0.2) is 25.1 Å². The van der Waals surface area contributed by atoms with Gasteiger partial charge in [0.1, 0.15) is 4.90 Å². The lowest BCUT2D eigenvalue weighted by atomic mass is 10.1. The Balaban J connectivity index is 2.32. The number of hydrogen-bond acceptors (Lipinski definition) is 4. The molecule has 0 saturated carbocycles. The second-order valence-corrected chi connectivity index (χ2v) is 9.12. The summed E-state index contributed by atoms with van der Waals surface area (Å²) < 4.78 is 27.5. The average molecular weight is 432 g/mol. The van der Waals surface area contributed by atoms with Crippen molar-refractivity contribution < 1.29 is 18.3 Å². The van der Waals surface area contributed by atoms with Crippen LogP contribution in [0.25, 0.3) is 0 Å². The van der Waals surface area contributed by atoms with Gasteiger partial charge in [-0.15, -0.1) is 0 Å². The van der Waals surface area contributed by atoms with E-state index in [1.54, 1.807) is 45.0 Å². The van der Waals surface area contributed by atoms with Crippen LogP contribution in [0.4, 0.5) is 16.2 Å². The van der Waals surface area contributed by atoms with Crippen LogP contribution in [0, 0.1) is 0 Å². The van der Waals surface area contributed by atoms with Crippen LogP contribution in [-0.2, 0) is 10.0 Å². The molecule has 0 aliphatic rings. The molecular formula is C17H19Cl2N3O4S. The Kier molecular flexibility index (Phi) is 6.26. The van der Waals surface area contributed by atoms with Crippen LogP contribution in [0.5, 0.6) is 5.75 Å². The standard InChI is InChI=1S/C17H19Cl2N3O4S/c1-17(2,3)22-27(25,26)15-11(19)8-9-13(14(15)23)21-16(24)20-12-7-5-4-6-10(12)18/h4-9,22-23H,1-3H3,(H2,20,21,24). The van der Waals surface area contributed by atoms with E-state index in [4.69, 9.17) is 23.2 Å². The molecular weight excluding hydrogens is 413 g/mol. The van der Waals surface area contributed by atoms with E-state index in [1.807, 2.05) is 0 Å². The summed E-state index contributed by atoms with van der Waals surface area (Å²) in [6, 6.07) is 8.42. The van der Waals surface area contributed by atoms with Crippen LogP contribution in [0.3, 0.4) is 0 Å². The van der Waals surface area contributed by atoms with Gasteiger partial charge in [-0.1, -0.05) is 35.3 Å². The molecule has 0 saturated heterocycles. The Morgan fingerprint density at radius 1 is 0.963 bits per heavy atom. The minimum atomic E-state index is -4.13. The number of hydrogen-bond donors (Lipinski definition) is 4. The number of anilines is 2. The molecule has 0 radical (unpaired) electrons. The summed E-state index contributed by atoms with van der Waals surface area (Å²) in [5, 5.41) is 15.4. The maximum Gasteiger partial charge on any atom is 0.323 e. The molecule has 7 nitrogen and oxygen atoms in total. The number of sulfonamides is 1. The Morgan fingerprint density at radius 3 is 2.15 bits per heavy atom. The molecule has 0 fully saturated rings. The molecule has 0 bridgehead atoms. The predicted octanol–water partition coefficient (Wildman–Crippen LogP) is 4.42. The SMILES string of the molecule is CC(C)(C)NS(=O)(=O)c1c(Cl)ccc(NC(=O)Nc2ccccc2Cl)c1O. The number of phenolic OH excluding ortho intramolecular Hbond substituents is 1. The highest BCUT2D eigenvalue weighted by atomic mass is 35.5. The minimum Gasteiger partial charge on any atom is -0.504 e. The highest BCUT2D eigenvalue weighted by Gasteiger charge is 2.29. The van der Waals surface area contributed by atoms with E-state index in [0.29, 0.717) is 10.7 Å². The van der Waals surface area contributed by atoms with E-state index in [-0.39, 0.29) is 10.7 Å². The molecule has 2 aromatic rings. The first-order valence-electron chi connectivity index (χ1n) is 7.79. The highest BCUT2D eigenvalue weighted by molar-refractivity contribution is 7.89. The van der Waals surface area contributed by atoms with Crippen molar-refractivity contribution in [2.24, 2.45) is 0 Å². The molecule has 0 aliphatic carbocycles. The van der Waals surface area contributed by atoms with Gasteiger partial charge in [0.15, 0.2) is 5.75 Å². The van der Waals surface area contributed by atoms with Gasteiger partial charge >= 0.3 is 6.03 Å². The first kappa shape index (κ1) is 21.3. The summed E-state index contributed by atoms with van der Waals surface area (Å²) in [7, 11) is -4.13. The van der Waals surface area contributed by atoms with Crippen molar-refractivity contribution in [3.63, 3.8) is 0 Å². The van der Waals surface area contributed by atoms with E-state index < -0.39 is 32.2 Å². The van der Waals surface area contributed by atoms with Crippen molar-refractivity contribution in [3.05, 3.63) is 46.4 Å². The number of nitrogens with one attached hydrogen (secondary N) is 3. The number of urea groups is 1. The summed E-state index contributed by atoms with van der Waals surface area (Å²) in [6.07, 6.45) is 0. The highest BCUT2D eigenvalue weighted by Crippen LogP contribution is 2.37. The first-order valence-corrected chi connectivity index (χ1v) is 10.0. The van der Waals surface area contributed by atoms with Gasteiger partial charge in [-0.3, -0.25) is 0 Å². The smallest absolute Gasteiger partial charge is 0.323 e. The van der Waals surface area contributed by atoms with Crippen molar-refractivity contribution in [2.75, 3.05) is 10.6 Å². The molecule has 2 rings (SSSR count). The number of benzene rings is 2. The minimum absolute atomic E-state index is 0.127. The second kappa shape index (κ2) is 7.93. The van der Waals surface area contributed by atoms with Gasteiger partial charge in [0, 0.05) is 5.54 Å². The first-order chi connectivity index (χ1) is 12.4. The Bertz CT molecular complexity index is 973. The molecule has 0 heterocycles. The second-order valence-electron chi connectivity index (χ2n) is 6.69. The number of carbonyl (C=O) groups excluding carboxylic acids is 1. The third-order valence-corrected chi connectivity index (χ3v) is 5.75. The molecule has 0 atom stereocenters. The molecule has 0 spiro atoms. The van der Waals surface area contributed by atoms with E-state index in [2.05, 4.69) is 15.4 Å². The molecule has 2 amide bonds. The average Bonchev–Trinajstić information content (AvgIpc) is 2.50. The van der Waals surface area contributed by atoms with Gasteiger partial charge < -0.3 is 15.7 Å². The maximum absolute atomic E-state index is 12.6. The lowest BCUT2D eigenvalue weighted by Crippen LogP contribution is -2.40. The maximum atomic E-state index is 12.6. The van der Waals surface area contributed by atoms with Gasteiger partial charge in [-0.05, 0) is 45.0 Å². The van der Waals surface area contributed by atoms with Gasteiger partial charge in [-0.25, -0.2) is 17.9 Å². The van der Waals surface area contributed by atoms with Crippen molar-refractivity contribution >= 4 is 50.6 Å². The van der Waals surface area contributed by atoms with Crippen molar-refractivity contribution in [1.82, 2.24) is 4.72 Å². The fraction of sp³-hybridized carbons (Fsp3) is 0.235. The summed E-state index contributed by atoms with van der Waals surface area (Å²) >= 11 is 12.0. The molecule has 27 heavy (non-hydrogen) atoms. The molecule has 0 aliphatic heterocycles. The summed E-state index contributed by atoms with van der Waals surface area (Å²) in [5.41, 5.74) is -0.565. The third kappa shape index (κ3) is 5.49. The van der Waals surface area contributed by atoms with Crippen LogP contribution < -0.4 is 15.4 Å². The molecule has 2 aromatic carbocycles. The van der Waals surface area contributed by atoms with Crippen molar-refractivity contribution in [3.8, 4) is 5.75 Å². The van der Waals surface area contributed by atoms with Crippen LogP contribution in [0.1, 0.15) is 20.8 Å². The molecule has 146 valence electrons. The Labute approximate surface area is 167 Å². The topological polar surface area (TPSA) is 108 Å². The largest absolute Gasteiger partial charge is 0.504 e. The Morgan fingerprint density at radius 2 is 1.56 bits per heavy atom. The molecule has 4 N–H and O–H groups in total. The molecule has 0 aromatic heterocycles. The fourth-order valence-corrected chi connectivity index (χ4v) is 4.43. The lowest BCUT2D eigenvalue weighted by Gasteiger charge is -2.22. The van der Waals surface area contributed by atoms with Gasteiger partial charge in [0.2, 0.25) is 10.0 Å². The van der Waals surface area contributed by atoms with Gasteiger partial charge in [0.05, 0.1) is 21.4 Å². The normalized spacial score (nSPS) is 11.9. The quantitative estimate of drug-likeness (QED) is 0.537. The third-order valence-electron chi connectivity index (χ3n) is 3.16. The monoisotopic (exact) mass is 431 g/mol.